The summed E-state index contributed by atoms with van der Waals surface area (Å²) in [6.07, 6.45) is 9.33. The van der Waals surface area contributed by atoms with Crippen LogP contribution < -0.4 is 0 Å². The van der Waals surface area contributed by atoms with Crippen LogP contribution in [0.1, 0.15) is 17.5 Å². The van der Waals surface area contributed by atoms with Gasteiger partial charge in [-0.15, -0.1) is 0 Å². The van der Waals surface area contributed by atoms with Crippen molar-refractivity contribution in [2.24, 2.45) is 0 Å². The molecule has 0 radical (unpaired) electrons. The molecule has 0 aromatic carbocycles. The number of nitrogens with zero attached hydrogens (tertiary/aromatic N) is 2. The van der Waals surface area contributed by atoms with Crippen molar-refractivity contribution in [3.8, 4) is 11.3 Å². The second-order valence-electron chi connectivity index (χ2n) is 3.93. The predicted octanol–water partition coefficient (Wildman–Crippen LogP) is 2.63. The molecule has 15 heavy (non-hydrogen) atoms. The van der Waals surface area contributed by atoms with E-state index in [0.717, 1.165) is 11.3 Å². The van der Waals surface area contributed by atoms with E-state index in [2.05, 4.69) is 22.1 Å². The molecular weight excluding hydrogens is 184 g/mol. The highest BCUT2D eigenvalue weighted by atomic mass is 14.7. The number of aryl methyl sites for hydroxylation is 2. The molecule has 0 amide bonds. The van der Waals surface area contributed by atoms with Crippen LogP contribution in [-0.2, 0) is 12.8 Å². The summed E-state index contributed by atoms with van der Waals surface area (Å²) in [6.45, 7) is 0. The lowest BCUT2D eigenvalue weighted by Gasteiger charge is -2.03. The largest absolute Gasteiger partial charge is 0.264 e. The summed E-state index contributed by atoms with van der Waals surface area (Å²) >= 11 is 0. The Morgan fingerprint density at radius 3 is 2.87 bits per heavy atom. The van der Waals surface area contributed by atoms with Crippen molar-refractivity contribution in [2.45, 2.75) is 19.3 Å². The standard InChI is InChI=1S/C13H12N2/c1-3-10-7-13(15-9-11(10)4-1)12-5-2-6-14-8-12/h2,5-9H,1,3-4H2. The number of pyridine rings is 2. The van der Waals surface area contributed by atoms with E-state index < -0.39 is 0 Å². The summed E-state index contributed by atoms with van der Waals surface area (Å²) in [6, 6.07) is 6.21. The number of hydrogen-bond acceptors (Lipinski definition) is 2. The molecule has 2 aromatic rings. The predicted molar refractivity (Wildman–Crippen MR) is 59.5 cm³/mol. The van der Waals surface area contributed by atoms with E-state index in [4.69, 9.17) is 0 Å². The lowest BCUT2D eigenvalue weighted by molar-refractivity contribution is 0.911. The zero-order valence-corrected chi connectivity index (χ0v) is 8.48. The zero-order chi connectivity index (χ0) is 10.1. The molecule has 0 N–H and O–H groups in total. The van der Waals surface area contributed by atoms with E-state index in [1.165, 1.54) is 30.4 Å². The van der Waals surface area contributed by atoms with E-state index >= 15 is 0 Å². The molecule has 0 aliphatic heterocycles. The Morgan fingerprint density at radius 2 is 2.00 bits per heavy atom. The van der Waals surface area contributed by atoms with Gasteiger partial charge in [-0.2, -0.15) is 0 Å². The van der Waals surface area contributed by atoms with E-state index in [-0.39, 0.29) is 0 Å². The van der Waals surface area contributed by atoms with Gasteiger partial charge in [0.05, 0.1) is 5.69 Å². The first-order valence-corrected chi connectivity index (χ1v) is 5.32. The fourth-order valence-electron chi connectivity index (χ4n) is 2.12. The maximum absolute atomic E-state index is 4.48. The van der Waals surface area contributed by atoms with Crippen LogP contribution in [0.5, 0.6) is 0 Å². The molecule has 1 aliphatic rings. The highest BCUT2D eigenvalue weighted by Gasteiger charge is 2.12. The number of rotatable bonds is 1. The van der Waals surface area contributed by atoms with Gasteiger partial charge in [0.1, 0.15) is 0 Å². The van der Waals surface area contributed by atoms with Crippen molar-refractivity contribution >= 4 is 0 Å². The maximum Gasteiger partial charge on any atom is 0.0720 e. The lowest BCUT2D eigenvalue weighted by atomic mass is 10.1. The van der Waals surface area contributed by atoms with Crippen molar-refractivity contribution in [2.75, 3.05) is 0 Å². The fourth-order valence-corrected chi connectivity index (χ4v) is 2.12. The quantitative estimate of drug-likeness (QED) is 0.700. The number of aromatic nitrogens is 2. The van der Waals surface area contributed by atoms with Gasteiger partial charge in [-0.3, -0.25) is 9.97 Å². The third-order valence-corrected chi connectivity index (χ3v) is 2.93. The van der Waals surface area contributed by atoms with Crippen molar-refractivity contribution in [1.29, 1.82) is 0 Å². The summed E-state index contributed by atoms with van der Waals surface area (Å²) in [5.41, 5.74) is 5.03. The molecule has 3 rings (SSSR count). The van der Waals surface area contributed by atoms with Gasteiger partial charge in [0.2, 0.25) is 0 Å². The maximum atomic E-state index is 4.48. The number of fused-ring (bicyclic) bond motifs is 1. The molecule has 0 saturated carbocycles. The molecular formula is C13H12N2. The molecule has 0 unspecified atom stereocenters. The molecule has 2 heteroatoms. The fraction of sp³-hybridized carbons (Fsp3) is 0.231. The molecule has 0 atom stereocenters. The van der Waals surface area contributed by atoms with Crippen LogP contribution in [0.15, 0.2) is 36.8 Å². The topological polar surface area (TPSA) is 25.8 Å². The van der Waals surface area contributed by atoms with Gasteiger partial charge in [-0.1, -0.05) is 0 Å². The average Bonchev–Trinajstić information content (AvgIpc) is 2.77. The Kier molecular flexibility index (Phi) is 1.98. The summed E-state index contributed by atoms with van der Waals surface area (Å²) in [7, 11) is 0. The van der Waals surface area contributed by atoms with Crippen LogP contribution in [0.3, 0.4) is 0 Å². The van der Waals surface area contributed by atoms with Gasteiger partial charge in [0.25, 0.3) is 0 Å². The van der Waals surface area contributed by atoms with Crippen molar-refractivity contribution in [1.82, 2.24) is 9.97 Å². The van der Waals surface area contributed by atoms with Crippen LogP contribution in [-0.4, -0.2) is 9.97 Å². The third-order valence-electron chi connectivity index (χ3n) is 2.93. The minimum Gasteiger partial charge on any atom is -0.264 e. The van der Waals surface area contributed by atoms with Crippen molar-refractivity contribution in [3.63, 3.8) is 0 Å². The van der Waals surface area contributed by atoms with Crippen LogP contribution in [0.2, 0.25) is 0 Å². The molecule has 2 aromatic heterocycles. The highest BCUT2D eigenvalue weighted by molar-refractivity contribution is 5.59. The Labute approximate surface area is 89.0 Å². The van der Waals surface area contributed by atoms with Crippen molar-refractivity contribution < 1.29 is 0 Å². The first-order valence-electron chi connectivity index (χ1n) is 5.32. The van der Waals surface area contributed by atoms with Crippen LogP contribution in [0.4, 0.5) is 0 Å². The summed E-state index contributed by atoms with van der Waals surface area (Å²) in [4.78, 5) is 8.60. The van der Waals surface area contributed by atoms with Crippen molar-refractivity contribution in [3.05, 3.63) is 47.9 Å². The monoisotopic (exact) mass is 196 g/mol. The lowest BCUT2D eigenvalue weighted by Crippen LogP contribution is -1.89. The van der Waals surface area contributed by atoms with Gasteiger partial charge in [-0.05, 0) is 48.6 Å². The first kappa shape index (κ1) is 8.60. The zero-order valence-electron chi connectivity index (χ0n) is 8.48. The average molecular weight is 196 g/mol. The van der Waals surface area contributed by atoms with Gasteiger partial charge < -0.3 is 0 Å². The van der Waals surface area contributed by atoms with Gasteiger partial charge in [0, 0.05) is 24.2 Å². The van der Waals surface area contributed by atoms with Crippen LogP contribution in [0, 0.1) is 0 Å². The Morgan fingerprint density at radius 1 is 1.07 bits per heavy atom. The van der Waals surface area contributed by atoms with Gasteiger partial charge in [0.15, 0.2) is 0 Å². The normalized spacial score (nSPS) is 13.9. The SMILES string of the molecule is c1cncc(-c2cc3c(cn2)CCC3)c1. The highest BCUT2D eigenvalue weighted by Crippen LogP contribution is 2.25. The van der Waals surface area contributed by atoms with E-state index in [1.54, 1.807) is 6.20 Å². The molecule has 74 valence electrons. The second kappa shape index (κ2) is 3.46. The molecule has 1 aliphatic carbocycles. The molecule has 0 bridgehead atoms. The Hall–Kier alpha value is -1.70. The van der Waals surface area contributed by atoms with E-state index in [0.29, 0.717) is 0 Å². The summed E-state index contributed by atoms with van der Waals surface area (Å²) < 4.78 is 0. The Bertz CT molecular complexity index is 477. The minimum absolute atomic E-state index is 1.05. The molecule has 2 nitrogen and oxygen atoms in total. The number of hydrogen-bond donors (Lipinski definition) is 0. The van der Waals surface area contributed by atoms with Crippen LogP contribution >= 0.6 is 0 Å². The summed E-state index contributed by atoms with van der Waals surface area (Å²) in [5.74, 6) is 0. The molecule has 0 spiro atoms. The van der Waals surface area contributed by atoms with Gasteiger partial charge in [-0.25, -0.2) is 0 Å². The van der Waals surface area contributed by atoms with E-state index in [9.17, 15) is 0 Å². The molecule has 2 heterocycles. The first-order chi connectivity index (χ1) is 7.43. The minimum atomic E-state index is 1.05. The smallest absolute Gasteiger partial charge is 0.0720 e. The Balaban J connectivity index is 2.07. The third kappa shape index (κ3) is 1.52. The molecule has 0 fully saturated rings. The van der Waals surface area contributed by atoms with Crippen LogP contribution in [0.25, 0.3) is 11.3 Å². The second-order valence-corrected chi connectivity index (χ2v) is 3.93. The molecule has 0 saturated heterocycles. The van der Waals surface area contributed by atoms with E-state index in [1.807, 2.05) is 18.5 Å². The van der Waals surface area contributed by atoms with Gasteiger partial charge >= 0.3 is 0 Å². The summed E-state index contributed by atoms with van der Waals surface area (Å²) in [5, 5.41) is 0.